The Morgan fingerprint density at radius 3 is 2.63 bits per heavy atom. The third-order valence-electron chi connectivity index (χ3n) is 4.10. The molecule has 4 rings (SSSR count). The maximum atomic E-state index is 11.0. The van der Waals surface area contributed by atoms with Gasteiger partial charge in [-0.15, -0.1) is 0 Å². The highest BCUT2D eigenvalue weighted by Gasteiger charge is 2.17. The third kappa shape index (κ3) is 3.24. The quantitative estimate of drug-likeness (QED) is 0.344. The molecule has 0 N–H and O–H groups in total. The van der Waals surface area contributed by atoms with Crippen LogP contribution in [0.1, 0.15) is 0 Å². The minimum Gasteiger partial charge on any atom is -0.338 e. The molecule has 2 aromatic carbocycles. The second-order valence-corrected chi connectivity index (χ2v) is 6.69. The Balaban J connectivity index is 1.72. The van der Waals surface area contributed by atoms with E-state index >= 15 is 0 Å². The number of anilines is 2. The van der Waals surface area contributed by atoms with Gasteiger partial charge in [0.15, 0.2) is 0 Å². The van der Waals surface area contributed by atoms with Gasteiger partial charge in [-0.2, -0.15) is 0 Å². The molecule has 2 heterocycles. The fourth-order valence-electron chi connectivity index (χ4n) is 2.70. The fraction of sp³-hybridized carbons (Fsp3) is 0.0556. The number of nitrogens with zero attached hydrogens (tertiary/aromatic N) is 5. The maximum Gasteiger partial charge on any atom is 0.271 e. The van der Waals surface area contributed by atoms with E-state index < -0.39 is 4.92 Å². The predicted molar refractivity (Wildman–Crippen MR) is 104 cm³/mol. The van der Waals surface area contributed by atoms with E-state index in [1.807, 2.05) is 30.3 Å². The summed E-state index contributed by atoms with van der Waals surface area (Å²) < 4.78 is 6.45. The van der Waals surface area contributed by atoms with Crippen LogP contribution >= 0.6 is 15.9 Å². The summed E-state index contributed by atoms with van der Waals surface area (Å²) in [4.78, 5) is 20.7. The summed E-state index contributed by atoms with van der Waals surface area (Å²) in [6, 6.07) is 14.0. The van der Waals surface area contributed by atoms with Gasteiger partial charge in [-0.3, -0.25) is 15.0 Å². The van der Waals surface area contributed by atoms with E-state index in [0.717, 1.165) is 10.0 Å². The monoisotopic (exact) mass is 425 g/mol. The Morgan fingerprint density at radius 1 is 1.11 bits per heavy atom. The first-order valence-electron chi connectivity index (χ1n) is 7.88. The molecule has 0 aliphatic carbocycles. The summed E-state index contributed by atoms with van der Waals surface area (Å²) >= 11 is 3.41. The van der Waals surface area contributed by atoms with E-state index in [9.17, 15) is 10.1 Å². The molecule has 8 nitrogen and oxygen atoms in total. The fourth-order valence-corrected chi connectivity index (χ4v) is 2.96. The molecule has 0 amide bonds. The molecule has 4 aromatic rings. The lowest BCUT2D eigenvalue weighted by molar-refractivity contribution is -0.384. The smallest absolute Gasteiger partial charge is 0.271 e. The van der Waals surface area contributed by atoms with Gasteiger partial charge in [-0.05, 0) is 18.2 Å². The summed E-state index contributed by atoms with van der Waals surface area (Å²) in [5.41, 5.74) is 2.07. The molecule has 0 fully saturated rings. The molecule has 2 aromatic heterocycles. The summed E-state index contributed by atoms with van der Waals surface area (Å²) in [5, 5.41) is 15.8. The lowest BCUT2D eigenvalue weighted by atomic mass is 10.1. The average molecular weight is 426 g/mol. The van der Waals surface area contributed by atoms with Gasteiger partial charge in [0, 0.05) is 40.7 Å². The van der Waals surface area contributed by atoms with Crippen LogP contribution < -0.4 is 4.90 Å². The van der Waals surface area contributed by atoms with Crippen LogP contribution in [0.5, 0.6) is 0 Å². The van der Waals surface area contributed by atoms with Crippen molar-refractivity contribution in [3.8, 4) is 11.3 Å². The Hall–Kier alpha value is -3.33. The van der Waals surface area contributed by atoms with Crippen LogP contribution in [0.25, 0.3) is 22.2 Å². The average Bonchev–Trinajstić information content (AvgIpc) is 3.17. The van der Waals surface area contributed by atoms with Gasteiger partial charge < -0.3 is 4.52 Å². The highest BCUT2D eigenvalue weighted by Crippen LogP contribution is 2.32. The van der Waals surface area contributed by atoms with Crippen molar-refractivity contribution in [3.63, 3.8) is 0 Å². The van der Waals surface area contributed by atoms with E-state index in [-0.39, 0.29) is 5.69 Å². The zero-order valence-corrected chi connectivity index (χ0v) is 15.6. The van der Waals surface area contributed by atoms with Crippen molar-refractivity contribution in [1.29, 1.82) is 0 Å². The number of non-ortho nitro benzene ring substituents is 1. The normalized spacial score (nSPS) is 10.9. The Kier molecular flexibility index (Phi) is 4.28. The zero-order chi connectivity index (χ0) is 19.0. The molecule has 0 unspecified atom stereocenters. The van der Waals surface area contributed by atoms with Crippen molar-refractivity contribution in [1.82, 2.24) is 15.1 Å². The number of hydrogen-bond donors (Lipinski definition) is 0. The maximum absolute atomic E-state index is 11.0. The summed E-state index contributed by atoms with van der Waals surface area (Å²) in [6.45, 7) is 0. The van der Waals surface area contributed by atoms with Gasteiger partial charge in [-0.1, -0.05) is 33.2 Å². The number of fused-ring (bicyclic) bond motifs is 1. The largest absolute Gasteiger partial charge is 0.338 e. The molecule has 0 aliphatic rings. The Bertz CT molecular complexity index is 1140. The van der Waals surface area contributed by atoms with Gasteiger partial charge in [0.25, 0.3) is 5.69 Å². The highest BCUT2D eigenvalue weighted by atomic mass is 79.9. The molecule has 0 atom stereocenters. The van der Waals surface area contributed by atoms with E-state index in [1.165, 1.54) is 18.5 Å². The van der Waals surface area contributed by atoms with E-state index in [1.54, 1.807) is 18.0 Å². The SMILES string of the molecule is CN(c1cc(-c2ccc(Br)cc2)no1)c1ncnc2cc([N+](=O)[O-])ccc12. The molecular weight excluding hydrogens is 414 g/mol. The van der Waals surface area contributed by atoms with Crippen LogP contribution in [-0.4, -0.2) is 27.1 Å². The molecule has 0 spiro atoms. The molecule has 0 radical (unpaired) electrons. The molecule has 9 heteroatoms. The number of aromatic nitrogens is 3. The number of rotatable bonds is 4. The molecule has 0 bridgehead atoms. The second kappa shape index (κ2) is 6.76. The topological polar surface area (TPSA) is 98.2 Å². The first-order chi connectivity index (χ1) is 13.0. The Labute approximate surface area is 161 Å². The Morgan fingerprint density at radius 2 is 1.89 bits per heavy atom. The zero-order valence-electron chi connectivity index (χ0n) is 14.0. The van der Waals surface area contributed by atoms with Gasteiger partial charge in [0.05, 0.1) is 10.4 Å². The van der Waals surface area contributed by atoms with Crippen LogP contribution in [0, 0.1) is 10.1 Å². The first-order valence-corrected chi connectivity index (χ1v) is 8.68. The lowest BCUT2D eigenvalue weighted by Gasteiger charge is -2.15. The number of nitro groups is 1. The van der Waals surface area contributed by atoms with Crippen LogP contribution in [0.2, 0.25) is 0 Å². The standard InChI is InChI=1S/C18H12BrN5O3/c1-23(17-9-15(22-27-17)11-2-4-12(19)5-3-11)18-14-7-6-13(24(25)26)8-16(14)20-10-21-18/h2-10H,1H3. The van der Waals surface area contributed by atoms with Gasteiger partial charge in [0.2, 0.25) is 5.88 Å². The lowest BCUT2D eigenvalue weighted by Crippen LogP contribution is -2.11. The van der Waals surface area contributed by atoms with Gasteiger partial charge >= 0.3 is 0 Å². The van der Waals surface area contributed by atoms with Crippen molar-refractivity contribution in [2.45, 2.75) is 0 Å². The van der Waals surface area contributed by atoms with E-state index in [2.05, 4.69) is 31.1 Å². The summed E-state index contributed by atoms with van der Waals surface area (Å²) in [7, 11) is 1.79. The number of hydrogen-bond acceptors (Lipinski definition) is 7. The molecule has 0 aliphatic heterocycles. The summed E-state index contributed by atoms with van der Waals surface area (Å²) in [5.74, 6) is 1.06. The molecule has 0 saturated heterocycles. The molecular formula is C18H12BrN5O3. The molecule has 134 valence electrons. The van der Waals surface area contributed by atoms with Gasteiger partial charge in [0.1, 0.15) is 17.8 Å². The number of benzene rings is 2. The van der Waals surface area contributed by atoms with E-state index in [0.29, 0.717) is 28.3 Å². The first kappa shape index (κ1) is 17.1. The minimum atomic E-state index is -0.453. The van der Waals surface area contributed by atoms with Gasteiger partial charge in [-0.25, -0.2) is 9.97 Å². The predicted octanol–water partition coefficient (Wildman–Crippen LogP) is 4.72. The van der Waals surface area contributed by atoms with Crippen LogP contribution in [0.4, 0.5) is 17.4 Å². The summed E-state index contributed by atoms with van der Waals surface area (Å²) in [6.07, 6.45) is 1.36. The second-order valence-electron chi connectivity index (χ2n) is 5.77. The molecule has 27 heavy (non-hydrogen) atoms. The van der Waals surface area contributed by atoms with Crippen molar-refractivity contribution >= 4 is 44.2 Å². The van der Waals surface area contributed by atoms with Crippen LogP contribution in [-0.2, 0) is 0 Å². The van der Waals surface area contributed by atoms with Crippen molar-refractivity contribution in [3.05, 3.63) is 69.4 Å². The minimum absolute atomic E-state index is 0.0213. The number of nitro benzene ring substituents is 1. The van der Waals surface area contributed by atoms with Crippen molar-refractivity contribution in [2.75, 3.05) is 11.9 Å². The van der Waals surface area contributed by atoms with Crippen molar-refractivity contribution < 1.29 is 9.45 Å². The number of halogens is 1. The van der Waals surface area contributed by atoms with Crippen molar-refractivity contribution in [2.24, 2.45) is 0 Å². The van der Waals surface area contributed by atoms with Crippen LogP contribution in [0.3, 0.4) is 0 Å². The van der Waals surface area contributed by atoms with Crippen LogP contribution in [0.15, 0.2) is 63.9 Å². The van der Waals surface area contributed by atoms with E-state index in [4.69, 9.17) is 4.52 Å². The third-order valence-corrected chi connectivity index (χ3v) is 4.62. The highest BCUT2D eigenvalue weighted by molar-refractivity contribution is 9.10. The molecule has 0 saturated carbocycles.